The molecule has 1 saturated heterocycles. The van der Waals surface area contributed by atoms with Gasteiger partial charge in [-0.15, -0.1) is 0 Å². The molecule has 1 unspecified atom stereocenters. The Bertz CT molecular complexity index is 872. The fraction of sp³-hybridized carbons (Fsp3) is 0.474. The van der Waals surface area contributed by atoms with E-state index in [-0.39, 0.29) is 23.9 Å². The SMILES string of the molecule is O=C1NC2(CC23CCCCC3)C(=O)N1Cc1cccc(-n2cncn2)c1. The van der Waals surface area contributed by atoms with Crippen LogP contribution in [0.4, 0.5) is 4.79 Å². The normalized spacial score (nSPS) is 26.5. The molecule has 3 aliphatic rings. The summed E-state index contributed by atoms with van der Waals surface area (Å²) in [6.07, 6.45) is 9.56. The molecule has 1 aliphatic heterocycles. The van der Waals surface area contributed by atoms with Crippen molar-refractivity contribution in [3.05, 3.63) is 42.5 Å². The summed E-state index contributed by atoms with van der Waals surface area (Å²) in [5, 5.41) is 7.16. The van der Waals surface area contributed by atoms with Crippen LogP contribution in [0.2, 0.25) is 0 Å². The third-order valence-corrected chi connectivity index (χ3v) is 6.30. The highest BCUT2D eigenvalue weighted by molar-refractivity contribution is 6.09. The second-order valence-corrected chi connectivity index (χ2v) is 7.75. The van der Waals surface area contributed by atoms with Gasteiger partial charge < -0.3 is 5.32 Å². The van der Waals surface area contributed by atoms with Crippen molar-refractivity contribution in [1.29, 1.82) is 0 Å². The molecule has 5 rings (SSSR count). The summed E-state index contributed by atoms with van der Waals surface area (Å²) in [7, 11) is 0. The topological polar surface area (TPSA) is 80.1 Å². The van der Waals surface area contributed by atoms with Crippen LogP contribution in [0.5, 0.6) is 0 Å². The number of nitrogens with one attached hydrogen (secondary N) is 1. The van der Waals surface area contributed by atoms with Gasteiger partial charge in [-0.1, -0.05) is 31.4 Å². The van der Waals surface area contributed by atoms with Crippen molar-refractivity contribution in [2.75, 3.05) is 0 Å². The van der Waals surface area contributed by atoms with Crippen molar-refractivity contribution in [3.8, 4) is 5.69 Å². The number of carbonyl (C=O) groups is 2. The average Bonchev–Trinajstić information content (AvgIpc) is 3.00. The highest BCUT2D eigenvalue weighted by Gasteiger charge is 2.75. The predicted octanol–water partition coefficient (Wildman–Crippen LogP) is 2.41. The quantitative estimate of drug-likeness (QED) is 0.861. The van der Waals surface area contributed by atoms with Gasteiger partial charge in [0.1, 0.15) is 18.2 Å². The Kier molecular flexibility index (Phi) is 3.23. The summed E-state index contributed by atoms with van der Waals surface area (Å²) >= 11 is 0. The van der Waals surface area contributed by atoms with Crippen molar-refractivity contribution in [2.45, 2.75) is 50.6 Å². The molecular weight excluding hydrogens is 330 g/mol. The molecule has 26 heavy (non-hydrogen) atoms. The third-order valence-electron chi connectivity index (χ3n) is 6.30. The first-order valence-corrected chi connectivity index (χ1v) is 9.22. The molecule has 3 amide bonds. The van der Waals surface area contributed by atoms with Crippen LogP contribution >= 0.6 is 0 Å². The monoisotopic (exact) mass is 351 g/mol. The zero-order valence-corrected chi connectivity index (χ0v) is 14.5. The van der Waals surface area contributed by atoms with E-state index in [4.69, 9.17) is 0 Å². The summed E-state index contributed by atoms with van der Waals surface area (Å²) in [6, 6.07) is 7.42. The van der Waals surface area contributed by atoms with E-state index in [0.717, 1.165) is 43.4 Å². The van der Waals surface area contributed by atoms with Gasteiger partial charge in [-0.25, -0.2) is 14.5 Å². The number of fused-ring (bicyclic) bond motifs is 1. The summed E-state index contributed by atoms with van der Waals surface area (Å²) in [5.41, 5.74) is 1.14. The highest BCUT2D eigenvalue weighted by Crippen LogP contribution is 2.66. The molecule has 2 spiro atoms. The molecule has 2 heterocycles. The molecule has 2 aliphatic carbocycles. The van der Waals surface area contributed by atoms with Crippen molar-refractivity contribution in [3.63, 3.8) is 0 Å². The lowest BCUT2D eigenvalue weighted by Gasteiger charge is -2.25. The van der Waals surface area contributed by atoms with Crippen molar-refractivity contribution >= 4 is 11.9 Å². The third kappa shape index (κ3) is 2.12. The predicted molar refractivity (Wildman–Crippen MR) is 93.3 cm³/mol. The molecule has 0 radical (unpaired) electrons. The minimum Gasteiger partial charge on any atom is -0.322 e. The zero-order valence-electron chi connectivity index (χ0n) is 14.5. The van der Waals surface area contributed by atoms with Crippen LogP contribution in [0.1, 0.15) is 44.1 Å². The lowest BCUT2D eigenvalue weighted by Crippen LogP contribution is -2.39. The van der Waals surface area contributed by atoms with E-state index < -0.39 is 5.54 Å². The molecule has 2 aromatic rings. The van der Waals surface area contributed by atoms with E-state index in [1.807, 2.05) is 24.3 Å². The number of urea groups is 1. The Balaban J connectivity index is 1.38. The molecule has 1 aromatic carbocycles. The zero-order chi connectivity index (χ0) is 17.8. The largest absolute Gasteiger partial charge is 0.325 e. The molecule has 0 bridgehead atoms. The first-order chi connectivity index (χ1) is 12.6. The van der Waals surface area contributed by atoms with Crippen LogP contribution in [-0.4, -0.2) is 37.1 Å². The maximum absolute atomic E-state index is 13.1. The first-order valence-electron chi connectivity index (χ1n) is 9.22. The number of rotatable bonds is 3. The lowest BCUT2D eigenvalue weighted by atomic mass is 9.82. The van der Waals surface area contributed by atoms with Crippen molar-refractivity contribution in [1.82, 2.24) is 25.0 Å². The van der Waals surface area contributed by atoms with Crippen LogP contribution in [-0.2, 0) is 11.3 Å². The van der Waals surface area contributed by atoms with Gasteiger partial charge in [-0.3, -0.25) is 9.69 Å². The van der Waals surface area contributed by atoms with E-state index in [1.54, 1.807) is 11.0 Å². The molecule has 134 valence electrons. The van der Waals surface area contributed by atoms with Crippen LogP contribution in [0.15, 0.2) is 36.9 Å². The highest BCUT2D eigenvalue weighted by atomic mass is 16.2. The molecule has 1 atom stereocenters. The van der Waals surface area contributed by atoms with Gasteiger partial charge in [-0.2, -0.15) is 5.10 Å². The lowest BCUT2D eigenvalue weighted by molar-refractivity contribution is -0.129. The summed E-state index contributed by atoms with van der Waals surface area (Å²) in [6.45, 7) is 0.283. The second kappa shape index (κ2) is 5.40. The van der Waals surface area contributed by atoms with Gasteiger partial charge >= 0.3 is 6.03 Å². The van der Waals surface area contributed by atoms with Crippen molar-refractivity contribution < 1.29 is 9.59 Å². The molecule has 7 heteroatoms. The van der Waals surface area contributed by atoms with Gasteiger partial charge in [0.25, 0.3) is 5.91 Å². The average molecular weight is 351 g/mol. The molecule has 7 nitrogen and oxygen atoms in total. The van der Waals surface area contributed by atoms with Crippen molar-refractivity contribution in [2.24, 2.45) is 5.41 Å². The number of benzene rings is 1. The number of imide groups is 1. The van der Waals surface area contributed by atoms with Gasteiger partial charge in [0.2, 0.25) is 0 Å². The minimum absolute atomic E-state index is 0.00925. The Morgan fingerprint density at radius 3 is 2.77 bits per heavy atom. The van der Waals surface area contributed by atoms with Gasteiger partial charge in [0.05, 0.1) is 12.2 Å². The summed E-state index contributed by atoms with van der Waals surface area (Å²) < 4.78 is 1.66. The summed E-state index contributed by atoms with van der Waals surface area (Å²) in [4.78, 5) is 31.0. The van der Waals surface area contributed by atoms with Crippen LogP contribution in [0.3, 0.4) is 0 Å². The maximum Gasteiger partial charge on any atom is 0.325 e. The number of aromatic nitrogens is 3. The van der Waals surface area contributed by atoms with Crippen LogP contribution in [0.25, 0.3) is 5.69 Å². The fourth-order valence-electron chi connectivity index (χ4n) is 4.87. The Labute approximate surface area is 151 Å². The first kappa shape index (κ1) is 15.5. The van der Waals surface area contributed by atoms with E-state index in [1.165, 1.54) is 17.6 Å². The summed E-state index contributed by atoms with van der Waals surface area (Å²) in [5.74, 6) is -0.0458. The van der Waals surface area contributed by atoms with Gasteiger partial charge in [-0.05, 0) is 37.0 Å². The van der Waals surface area contributed by atoms with Crippen LogP contribution in [0, 0.1) is 5.41 Å². The Morgan fingerprint density at radius 2 is 2.00 bits per heavy atom. The molecule has 3 fully saturated rings. The number of nitrogens with zero attached hydrogens (tertiary/aromatic N) is 4. The molecule has 2 saturated carbocycles. The van der Waals surface area contributed by atoms with E-state index in [2.05, 4.69) is 15.4 Å². The minimum atomic E-state index is -0.631. The number of carbonyl (C=O) groups excluding carboxylic acids is 2. The number of hydrogen-bond acceptors (Lipinski definition) is 4. The fourth-order valence-corrected chi connectivity index (χ4v) is 4.87. The Hall–Kier alpha value is -2.70. The Morgan fingerprint density at radius 1 is 1.15 bits per heavy atom. The second-order valence-electron chi connectivity index (χ2n) is 7.75. The molecular formula is C19H21N5O2. The van der Waals surface area contributed by atoms with Gasteiger partial charge in [0, 0.05) is 5.41 Å². The van der Waals surface area contributed by atoms with Crippen LogP contribution < -0.4 is 5.32 Å². The smallest absolute Gasteiger partial charge is 0.322 e. The number of hydrogen-bond donors (Lipinski definition) is 1. The molecule has 1 aromatic heterocycles. The standard InChI is InChI=1S/C19H21N5O2/c25-16-19(11-18(19)7-2-1-3-8-18)22-17(26)23(16)10-14-5-4-6-15(9-14)24-13-20-12-21-24/h4-6,9,12-13H,1-3,7-8,10-11H2,(H,22,26). The maximum atomic E-state index is 13.1. The number of amides is 3. The van der Waals surface area contributed by atoms with E-state index in [0.29, 0.717) is 0 Å². The molecule has 1 N–H and O–H groups in total. The van der Waals surface area contributed by atoms with E-state index in [9.17, 15) is 9.59 Å². The van der Waals surface area contributed by atoms with Gasteiger partial charge in [0.15, 0.2) is 0 Å². The van der Waals surface area contributed by atoms with E-state index >= 15 is 0 Å².